The summed E-state index contributed by atoms with van der Waals surface area (Å²) in [6.45, 7) is 3.22. The number of benzene rings is 2. The molecular formula is C19H20N4O3. The van der Waals surface area contributed by atoms with Gasteiger partial charge in [-0.15, -0.1) is 0 Å². The highest BCUT2D eigenvalue weighted by Crippen LogP contribution is 2.15. The average Bonchev–Trinajstić information content (AvgIpc) is 2.70. The molecule has 7 nitrogen and oxygen atoms in total. The maximum atomic E-state index is 11.8. The molecule has 1 aliphatic rings. The molecule has 26 heavy (non-hydrogen) atoms. The number of hydrazone groups is 1. The number of hydrogen-bond donors (Lipinski definition) is 2. The van der Waals surface area contributed by atoms with Crippen LogP contribution in [0.15, 0.2) is 59.7 Å². The normalized spacial score (nSPS) is 14.2. The SMILES string of the molecule is O=C(NN=Cc1ccc(N2CCOCC2)cc1)C(=O)Nc1ccccc1. The lowest BCUT2D eigenvalue weighted by atomic mass is 10.2. The zero-order chi connectivity index (χ0) is 18.2. The molecule has 0 radical (unpaired) electrons. The van der Waals surface area contributed by atoms with Crippen molar-refractivity contribution in [1.29, 1.82) is 0 Å². The quantitative estimate of drug-likeness (QED) is 0.498. The highest BCUT2D eigenvalue weighted by molar-refractivity contribution is 6.39. The van der Waals surface area contributed by atoms with E-state index >= 15 is 0 Å². The van der Waals surface area contributed by atoms with Crippen LogP contribution in [0.2, 0.25) is 0 Å². The van der Waals surface area contributed by atoms with Gasteiger partial charge < -0.3 is 15.0 Å². The lowest BCUT2D eigenvalue weighted by molar-refractivity contribution is -0.136. The zero-order valence-electron chi connectivity index (χ0n) is 14.2. The van der Waals surface area contributed by atoms with Gasteiger partial charge >= 0.3 is 11.8 Å². The minimum Gasteiger partial charge on any atom is -0.378 e. The Bertz CT molecular complexity index is 769. The molecule has 0 atom stereocenters. The molecule has 1 aliphatic heterocycles. The van der Waals surface area contributed by atoms with Crippen molar-refractivity contribution in [3.63, 3.8) is 0 Å². The molecule has 2 aromatic carbocycles. The number of morpholine rings is 1. The molecule has 134 valence electrons. The van der Waals surface area contributed by atoms with E-state index in [2.05, 4.69) is 20.7 Å². The van der Waals surface area contributed by atoms with E-state index in [4.69, 9.17) is 4.74 Å². The van der Waals surface area contributed by atoms with Gasteiger partial charge in [0.1, 0.15) is 0 Å². The Morgan fingerprint density at radius 1 is 0.962 bits per heavy atom. The summed E-state index contributed by atoms with van der Waals surface area (Å²) in [6.07, 6.45) is 1.50. The Balaban J connectivity index is 1.49. The van der Waals surface area contributed by atoms with E-state index in [-0.39, 0.29) is 0 Å². The van der Waals surface area contributed by atoms with Crippen LogP contribution < -0.4 is 15.6 Å². The van der Waals surface area contributed by atoms with Gasteiger partial charge in [-0.3, -0.25) is 9.59 Å². The first-order chi connectivity index (χ1) is 12.7. The Labute approximate surface area is 151 Å². The van der Waals surface area contributed by atoms with Crippen molar-refractivity contribution in [1.82, 2.24) is 5.43 Å². The largest absolute Gasteiger partial charge is 0.378 e. The maximum Gasteiger partial charge on any atom is 0.329 e. The molecule has 7 heteroatoms. The minimum atomic E-state index is -0.824. The second-order valence-corrected chi connectivity index (χ2v) is 5.71. The second kappa shape index (κ2) is 8.77. The van der Waals surface area contributed by atoms with E-state index in [1.807, 2.05) is 30.3 Å². The number of ether oxygens (including phenoxy) is 1. The van der Waals surface area contributed by atoms with Gasteiger partial charge in [0.2, 0.25) is 0 Å². The molecule has 2 N–H and O–H groups in total. The maximum absolute atomic E-state index is 11.8. The molecule has 3 rings (SSSR count). The second-order valence-electron chi connectivity index (χ2n) is 5.71. The lowest BCUT2D eigenvalue weighted by Gasteiger charge is -2.28. The van der Waals surface area contributed by atoms with E-state index < -0.39 is 11.8 Å². The van der Waals surface area contributed by atoms with Crippen LogP contribution in [-0.2, 0) is 14.3 Å². The zero-order valence-corrected chi connectivity index (χ0v) is 14.2. The molecule has 0 bridgehead atoms. The highest BCUT2D eigenvalue weighted by Gasteiger charge is 2.12. The number of nitrogens with zero attached hydrogens (tertiary/aromatic N) is 2. The van der Waals surface area contributed by atoms with Crippen molar-refractivity contribution >= 4 is 29.4 Å². The first-order valence-corrected chi connectivity index (χ1v) is 8.34. The summed E-state index contributed by atoms with van der Waals surface area (Å²) in [5, 5.41) is 6.32. The summed E-state index contributed by atoms with van der Waals surface area (Å²) in [5.41, 5.74) is 4.72. The van der Waals surface area contributed by atoms with Crippen LogP contribution >= 0.6 is 0 Å². The summed E-state index contributed by atoms with van der Waals surface area (Å²) in [7, 11) is 0. The fourth-order valence-corrected chi connectivity index (χ4v) is 2.52. The van der Waals surface area contributed by atoms with Crippen molar-refractivity contribution in [3.05, 3.63) is 60.2 Å². The van der Waals surface area contributed by atoms with Crippen molar-refractivity contribution in [2.24, 2.45) is 5.10 Å². The third-order valence-electron chi connectivity index (χ3n) is 3.89. The van der Waals surface area contributed by atoms with Gasteiger partial charge in [-0.2, -0.15) is 5.10 Å². The van der Waals surface area contributed by atoms with Crippen molar-refractivity contribution in [2.75, 3.05) is 36.5 Å². The number of hydrogen-bond acceptors (Lipinski definition) is 5. The Hall–Kier alpha value is -3.19. The van der Waals surface area contributed by atoms with Gasteiger partial charge in [0.25, 0.3) is 0 Å². The molecule has 1 saturated heterocycles. The van der Waals surface area contributed by atoms with E-state index in [0.717, 1.165) is 37.6 Å². The molecule has 2 amide bonds. The van der Waals surface area contributed by atoms with Crippen LogP contribution in [0.25, 0.3) is 0 Å². The number of nitrogens with one attached hydrogen (secondary N) is 2. The molecule has 1 heterocycles. The fraction of sp³-hybridized carbons (Fsp3) is 0.211. The Kier molecular flexibility index (Phi) is 5.95. The predicted octanol–water partition coefficient (Wildman–Crippen LogP) is 1.61. The van der Waals surface area contributed by atoms with E-state index in [9.17, 15) is 9.59 Å². The molecule has 0 spiro atoms. The number of anilines is 2. The van der Waals surface area contributed by atoms with E-state index in [0.29, 0.717) is 5.69 Å². The molecule has 0 aromatic heterocycles. The van der Waals surface area contributed by atoms with Crippen LogP contribution in [0.1, 0.15) is 5.56 Å². The minimum absolute atomic E-state index is 0.551. The monoisotopic (exact) mass is 352 g/mol. The van der Waals surface area contributed by atoms with Crippen molar-refractivity contribution in [3.8, 4) is 0 Å². The van der Waals surface area contributed by atoms with Crippen LogP contribution in [0.4, 0.5) is 11.4 Å². The summed E-state index contributed by atoms with van der Waals surface area (Å²) in [4.78, 5) is 25.8. The number of amides is 2. The Morgan fingerprint density at radius 3 is 2.35 bits per heavy atom. The molecule has 0 unspecified atom stereocenters. The lowest BCUT2D eigenvalue weighted by Crippen LogP contribution is -2.36. The van der Waals surface area contributed by atoms with Crippen molar-refractivity contribution in [2.45, 2.75) is 0 Å². The standard InChI is InChI=1S/C19H20N4O3/c24-18(21-16-4-2-1-3-5-16)19(25)22-20-14-15-6-8-17(9-7-15)23-10-12-26-13-11-23/h1-9,14H,10-13H2,(H,21,24)(H,22,25). The molecular weight excluding hydrogens is 332 g/mol. The number of rotatable bonds is 4. The average molecular weight is 352 g/mol. The van der Waals surface area contributed by atoms with Crippen LogP contribution in [0.3, 0.4) is 0 Å². The van der Waals surface area contributed by atoms with Gasteiger partial charge in [-0.1, -0.05) is 30.3 Å². The topological polar surface area (TPSA) is 83.0 Å². The van der Waals surface area contributed by atoms with E-state index in [1.165, 1.54) is 6.21 Å². The van der Waals surface area contributed by atoms with Gasteiger partial charge in [0, 0.05) is 24.5 Å². The fourth-order valence-electron chi connectivity index (χ4n) is 2.52. The number of carbonyl (C=O) groups is 2. The third-order valence-corrected chi connectivity index (χ3v) is 3.89. The highest BCUT2D eigenvalue weighted by atomic mass is 16.5. The van der Waals surface area contributed by atoms with Crippen LogP contribution in [-0.4, -0.2) is 44.3 Å². The van der Waals surface area contributed by atoms with E-state index in [1.54, 1.807) is 24.3 Å². The van der Waals surface area contributed by atoms with Gasteiger partial charge in [-0.05, 0) is 29.8 Å². The summed E-state index contributed by atoms with van der Waals surface area (Å²) in [6, 6.07) is 16.6. The summed E-state index contributed by atoms with van der Waals surface area (Å²) >= 11 is 0. The first-order valence-electron chi connectivity index (χ1n) is 8.34. The molecule has 0 saturated carbocycles. The Morgan fingerprint density at radius 2 is 1.65 bits per heavy atom. The molecule has 2 aromatic rings. The van der Waals surface area contributed by atoms with Gasteiger partial charge in [0.05, 0.1) is 19.4 Å². The third kappa shape index (κ3) is 4.90. The number of para-hydroxylation sites is 1. The van der Waals surface area contributed by atoms with Crippen LogP contribution in [0.5, 0.6) is 0 Å². The van der Waals surface area contributed by atoms with Crippen molar-refractivity contribution < 1.29 is 14.3 Å². The summed E-state index contributed by atoms with van der Waals surface area (Å²) < 4.78 is 5.34. The predicted molar refractivity (Wildman–Crippen MR) is 100 cm³/mol. The smallest absolute Gasteiger partial charge is 0.329 e. The first kappa shape index (κ1) is 17.6. The van der Waals surface area contributed by atoms with Gasteiger partial charge in [0.15, 0.2) is 0 Å². The van der Waals surface area contributed by atoms with Crippen LogP contribution in [0, 0.1) is 0 Å². The number of carbonyl (C=O) groups excluding carboxylic acids is 2. The summed E-state index contributed by atoms with van der Waals surface area (Å²) in [5.74, 6) is -1.59. The van der Waals surface area contributed by atoms with Gasteiger partial charge in [-0.25, -0.2) is 5.43 Å². The molecule has 0 aliphatic carbocycles. The molecule has 1 fully saturated rings.